The normalized spacial score (nSPS) is 13.5. The van der Waals surface area contributed by atoms with Crippen LogP contribution in [0, 0.1) is 0 Å². The van der Waals surface area contributed by atoms with Crippen molar-refractivity contribution >= 4 is 11.4 Å². The van der Waals surface area contributed by atoms with E-state index in [2.05, 4.69) is 0 Å². The van der Waals surface area contributed by atoms with Crippen molar-refractivity contribution in [3.05, 3.63) is 77.4 Å². The van der Waals surface area contributed by atoms with Crippen LogP contribution in [0.2, 0.25) is 0 Å². The Morgan fingerprint density at radius 1 is 0.688 bits per heavy atom. The Hall–Kier alpha value is -2.15. The first-order chi connectivity index (χ1) is 7.86. The van der Waals surface area contributed by atoms with Crippen molar-refractivity contribution in [2.45, 2.75) is 0 Å². The zero-order chi connectivity index (χ0) is 11.0. The lowest BCUT2D eigenvalue weighted by molar-refractivity contribution is 0.105. The van der Waals surface area contributed by atoms with Crippen molar-refractivity contribution in [2.24, 2.45) is 0 Å². The van der Waals surface area contributed by atoms with E-state index in [4.69, 9.17) is 0 Å². The van der Waals surface area contributed by atoms with E-state index >= 15 is 0 Å². The third-order valence-corrected chi connectivity index (χ3v) is 2.84. The van der Waals surface area contributed by atoms with Crippen LogP contribution in [0.25, 0.3) is 5.57 Å². The molecule has 0 aromatic heterocycles. The molecule has 0 fully saturated rings. The maximum absolute atomic E-state index is 11.8. The Morgan fingerprint density at radius 2 is 1.31 bits per heavy atom. The molecule has 1 aliphatic carbocycles. The van der Waals surface area contributed by atoms with Gasteiger partial charge in [-0.1, -0.05) is 54.6 Å². The summed E-state index contributed by atoms with van der Waals surface area (Å²) < 4.78 is 0. The molecule has 0 N–H and O–H groups in total. The summed E-state index contributed by atoms with van der Waals surface area (Å²) in [6.45, 7) is 0. The average Bonchev–Trinajstić information content (AvgIpc) is 2.69. The lowest BCUT2D eigenvalue weighted by atomic mass is 9.99. The van der Waals surface area contributed by atoms with E-state index in [1.165, 1.54) is 0 Å². The Labute approximate surface area is 94.0 Å². The molecule has 0 saturated heterocycles. The Kier molecular flexibility index (Phi) is 1.97. The lowest BCUT2D eigenvalue weighted by Gasteiger charge is -2.04. The molecule has 0 saturated carbocycles. The molecule has 0 atom stereocenters. The highest BCUT2D eigenvalue weighted by atomic mass is 16.1. The number of hydrogen-bond donors (Lipinski definition) is 0. The second-order valence-electron chi connectivity index (χ2n) is 3.83. The van der Waals surface area contributed by atoms with Gasteiger partial charge in [-0.25, -0.2) is 0 Å². The van der Waals surface area contributed by atoms with Gasteiger partial charge in [0.1, 0.15) is 0 Å². The van der Waals surface area contributed by atoms with Gasteiger partial charge in [-0.15, -0.1) is 0 Å². The van der Waals surface area contributed by atoms with Crippen LogP contribution >= 0.6 is 0 Å². The largest absolute Gasteiger partial charge is 0.289 e. The molecular weight excluding hydrogens is 196 g/mol. The van der Waals surface area contributed by atoms with Gasteiger partial charge >= 0.3 is 0 Å². The Morgan fingerprint density at radius 3 is 2.06 bits per heavy atom. The van der Waals surface area contributed by atoms with Crippen LogP contribution < -0.4 is 0 Å². The van der Waals surface area contributed by atoms with Gasteiger partial charge in [0.2, 0.25) is 0 Å². The molecule has 0 heterocycles. The summed E-state index contributed by atoms with van der Waals surface area (Å²) in [5.41, 5.74) is 3.97. The number of allylic oxidation sites excluding steroid dienone is 1. The molecular formula is C15H10O. The van der Waals surface area contributed by atoms with Gasteiger partial charge in [-0.2, -0.15) is 0 Å². The van der Waals surface area contributed by atoms with Crippen LogP contribution in [0.3, 0.4) is 0 Å². The third kappa shape index (κ3) is 1.29. The fraction of sp³-hybridized carbons (Fsp3) is 0. The molecule has 76 valence electrons. The van der Waals surface area contributed by atoms with Crippen LogP contribution in [-0.2, 0) is 0 Å². The minimum absolute atomic E-state index is 0.106. The Balaban J connectivity index is 2.19. The Bertz CT molecular complexity index is 579. The number of rotatable bonds is 1. The molecule has 16 heavy (non-hydrogen) atoms. The van der Waals surface area contributed by atoms with Crippen molar-refractivity contribution in [3.8, 4) is 0 Å². The first kappa shape index (κ1) is 9.10. The summed E-state index contributed by atoms with van der Waals surface area (Å²) in [5.74, 6) is 0.106. The molecule has 0 radical (unpaired) electrons. The zero-order valence-electron chi connectivity index (χ0n) is 8.68. The van der Waals surface area contributed by atoms with E-state index in [0.717, 1.165) is 22.3 Å². The van der Waals surface area contributed by atoms with Crippen molar-refractivity contribution in [2.75, 3.05) is 0 Å². The highest BCUT2D eigenvalue weighted by Gasteiger charge is 2.20. The second kappa shape index (κ2) is 3.46. The molecule has 2 aromatic carbocycles. The molecule has 0 spiro atoms. The molecule has 1 heteroatoms. The van der Waals surface area contributed by atoms with Crippen molar-refractivity contribution < 1.29 is 4.79 Å². The van der Waals surface area contributed by atoms with Gasteiger partial charge in [-0.05, 0) is 22.8 Å². The minimum Gasteiger partial charge on any atom is -0.289 e. The van der Waals surface area contributed by atoms with Gasteiger partial charge < -0.3 is 0 Å². The highest BCUT2D eigenvalue weighted by Crippen LogP contribution is 2.32. The van der Waals surface area contributed by atoms with Crippen LogP contribution in [0.4, 0.5) is 0 Å². The first-order valence-electron chi connectivity index (χ1n) is 5.27. The fourth-order valence-electron chi connectivity index (χ4n) is 2.08. The van der Waals surface area contributed by atoms with E-state index in [-0.39, 0.29) is 5.78 Å². The number of carbonyl (C=O) groups excluding carboxylic acids is 1. The summed E-state index contributed by atoms with van der Waals surface area (Å²) in [4.78, 5) is 11.8. The van der Waals surface area contributed by atoms with Crippen LogP contribution in [0.1, 0.15) is 21.5 Å². The summed E-state index contributed by atoms with van der Waals surface area (Å²) >= 11 is 0. The first-order valence-corrected chi connectivity index (χ1v) is 5.27. The average molecular weight is 206 g/mol. The van der Waals surface area contributed by atoms with Gasteiger partial charge in [0.25, 0.3) is 0 Å². The van der Waals surface area contributed by atoms with E-state index < -0.39 is 0 Å². The molecule has 0 bridgehead atoms. The third-order valence-electron chi connectivity index (χ3n) is 2.84. The van der Waals surface area contributed by atoms with Gasteiger partial charge in [0.15, 0.2) is 5.78 Å². The smallest absolute Gasteiger partial charge is 0.187 e. The number of benzene rings is 2. The minimum atomic E-state index is 0.106. The van der Waals surface area contributed by atoms with E-state index in [9.17, 15) is 4.79 Å². The standard InChI is InChI=1S/C15H10O/c16-15-10-14(11-6-2-1-3-7-11)12-8-4-5-9-13(12)15/h1-10H. The maximum Gasteiger partial charge on any atom is 0.187 e. The molecule has 0 aliphatic heterocycles. The maximum atomic E-state index is 11.8. The van der Waals surface area contributed by atoms with Crippen LogP contribution in [0.15, 0.2) is 60.7 Å². The monoisotopic (exact) mass is 206 g/mol. The predicted molar refractivity (Wildman–Crippen MR) is 64.3 cm³/mol. The van der Waals surface area contributed by atoms with Crippen LogP contribution in [-0.4, -0.2) is 5.78 Å². The molecule has 0 unspecified atom stereocenters. The highest BCUT2D eigenvalue weighted by molar-refractivity contribution is 6.18. The topological polar surface area (TPSA) is 17.1 Å². The van der Waals surface area contributed by atoms with Crippen molar-refractivity contribution in [3.63, 3.8) is 0 Å². The summed E-state index contributed by atoms with van der Waals surface area (Å²) in [6, 6.07) is 17.8. The zero-order valence-corrected chi connectivity index (χ0v) is 8.68. The van der Waals surface area contributed by atoms with E-state index in [1.54, 1.807) is 6.08 Å². The van der Waals surface area contributed by atoms with Crippen LogP contribution in [0.5, 0.6) is 0 Å². The SMILES string of the molecule is O=C1C=C(c2ccccc2)c2ccccc21. The fourth-order valence-corrected chi connectivity index (χ4v) is 2.08. The molecule has 1 aliphatic rings. The summed E-state index contributed by atoms with van der Waals surface area (Å²) in [7, 11) is 0. The number of hydrogen-bond acceptors (Lipinski definition) is 1. The van der Waals surface area contributed by atoms with Crippen molar-refractivity contribution in [1.82, 2.24) is 0 Å². The van der Waals surface area contributed by atoms with Crippen molar-refractivity contribution in [1.29, 1.82) is 0 Å². The summed E-state index contributed by atoms with van der Waals surface area (Å²) in [5, 5.41) is 0. The van der Waals surface area contributed by atoms with Gasteiger partial charge in [0.05, 0.1) is 0 Å². The molecule has 3 rings (SSSR count). The number of carbonyl (C=O) groups is 1. The molecule has 1 nitrogen and oxygen atoms in total. The molecule has 0 amide bonds. The van der Waals surface area contributed by atoms with E-state index in [0.29, 0.717) is 0 Å². The lowest BCUT2D eigenvalue weighted by Crippen LogP contribution is -1.90. The van der Waals surface area contributed by atoms with Gasteiger partial charge in [0, 0.05) is 5.56 Å². The summed E-state index contributed by atoms with van der Waals surface area (Å²) in [6.07, 6.45) is 1.72. The molecule has 2 aromatic rings. The quantitative estimate of drug-likeness (QED) is 0.699. The van der Waals surface area contributed by atoms with Gasteiger partial charge in [-0.3, -0.25) is 4.79 Å². The van der Waals surface area contributed by atoms with E-state index in [1.807, 2.05) is 54.6 Å². The number of fused-ring (bicyclic) bond motifs is 1. The second-order valence-corrected chi connectivity index (χ2v) is 3.83. The predicted octanol–water partition coefficient (Wildman–Crippen LogP) is 3.31. The number of ketones is 1.